The van der Waals surface area contributed by atoms with Gasteiger partial charge in [0, 0.05) is 23.2 Å². The fraction of sp³-hybridized carbons (Fsp3) is 0.226. The van der Waals surface area contributed by atoms with Crippen molar-refractivity contribution in [3.63, 3.8) is 0 Å². The lowest BCUT2D eigenvalue weighted by atomic mass is 9.99. The van der Waals surface area contributed by atoms with Crippen LogP contribution in [-0.4, -0.2) is 31.7 Å². The molecule has 2 aromatic heterocycles. The third kappa shape index (κ3) is 7.20. The summed E-state index contributed by atoms with van der Waals surface area (Å²) in [6, 6.07) is 18.6. The molecule has 5 rings (SSSR count). The standard InChI is InChI=1S/C31H29F3N6O2S/c1-19(2)26-14-5-20(3)15-27(26)40-21(4)17-43-30(40)37-29(41)35-16-22-6-8-23(9-7-22)28-36-18-39(38-28)24-10-12-25(13-11-24)42-31(32,33)34/h5-15,17-19H,16H2,1-4H3,(H,35,41). The number of thiazole rings is 1. The van der Waals surface area contributed by atoms with E-state index in [9.17, 15) is 18.0 Å². The molecule has 5 aromatic rings. The van der Waals surface area contributed by atoms with Crippen LogP contribution in [0.1, 0.15) is 42.1 Å². The van der Waals surface area contributed by atoms with Crippen LogP contribution in [0.4, 0.5) is 18.0 Å². The first-order valence-corrected chi connectivity index (χ1v) is 14.3. The number of carbonyl (C=O) groups is 1. The predicted octanol–water partition coefficient (Wildman–Crippen LogP) is 7.24. The van der Waals surface area contributed by atoms with E-state index >= 15 is 0 Å². The molecular formula is C31H29F3N6O2S. The van der Waals surface area contributed by atoms with Gasteiger partial charge >= 0.3 is 12.4 Å². The Morgan fingerprint density at radius 2 is 1.77 bits per heavy atom. The third-order valence-electron chi connectivity index (χ3n) is 6.61. The van der Waals surface area contributed by atoms with E-state index < -0.39 is 12.4 Å². The number of rotatable bonds is 7. The Bertz CT molecular complexity index is 1800. The van der Waals surface area contributed by atoms with E-state index in [1.165, 1.54) is 52.2 Å². The molecule has 0 spiro atoms. The Morgan fingerprint density at radius 3 is 2.44 bits per heavy atom. The van der Waals surface area contributed by atoms with Crippen LogP contribution < -0.4 is 14.9 Å². The van der Waals surface area contributed by atoms with E-state index in [0.717, 1.165) is 28.1 Å². The first-order valence-electron chi connectivity index (χ1n) is 13.4. The third-order valence-corrected chi connectivity index (χ3v) is 7.55. The second kappa shape index (κ2) is 12.3. The fourth-order valence-electron chi connectivity index (χ4n) is 4.50. The summed E-state index contributed by atoms with van der Waals surface area (Å²) in [5.74, 6) is 0.434. The number of amides is 2. The van der Waals surface area contributed by atoms with Gasteiger partial charge in [-0.25, -0.2) is 14.5 Å². The van der Waals surface area contributed by atoms with Gasteiger partial charge < -0.3 is 10.1 Å². The molecule has 0 aliphatic rings. The average Bonchev–Trinajstić information content (AvgIpc) is 3.58. The smallest absolute Gasteiger partial charge is 0.406 e. The first kappa shape index (κ1) is 29.8. The van der Waals surface area contributed by atoms with Crippen LogP contribution in [0.15, 0.2) is 83.4 Å². The van der Waals surface area contributed by atoms with Crippen LogP contribution in [0.25, 0.3) is 22.8 Å². The number of urea groups is 1. The maximum atomic E-state index is 12.8. The molecule has 0 saturated heterocycles. The molecule has 0 aliphatic heterocycles. The Labute approximate surface area is 250 Å². The van der Waals surface area contributed by atoms with E-state index in [-0.39, 0.29) is 12.3 Å². The summed E-state index contributed by atoms with van der Waals surface area (Å²) in [6.45, 7) is 8.62. The highest BCUT2D eigenvalue weighted by Gasteiger charge is 2.31. The summed E-state index contributed by atoms with van der Waals surface area (Å²) in [4.78, 5) is 22.1. The maximum Gasteiger partial charge on any atom is 0.573 e. The number of nitrogens with one attached hydrogen (secondary N) is 1. The summed E-state index contributed by atoms with van der Waals surface area (Å²) < 4.78 is 44.6. The van der Waals surface area contributed by atoms with E-state index in [4.69, 9.17) is 0 Å². The van der Waals surface area contributed by atoms with Crippen LogP contribution in [0.3, 0.4) is 0 Å². The van der Waals surface area contributed by atoms with Crippen molar-refractivity contribution in [3.05, 3.63) is 106 Å². The number of alkyl halides is 3. The van der Waals surface area contributed by atoms with Crippen molar-refractivity contribution in [2.75, 3.05) is 0 Å². The largest absolute Gasteiger partial charge is 0.573 e. The molecule has 0 fully saturated rings. The van der Waals surface area contributed by atoms with Gasteiger partial charge in [-0.3, -0.25) is 4.57 Å². The molecule has 0 bridgehead atoms. The SMILES string of the molecule is Cc1ccc(C(C)C)c(-n2c(C)csc2=NC(=O)NCc2ccc(-c3ncn(-c4ccc(OC(F)(F)F)cc4)n3)cc2)c1. The predicted molar refractivity (Wildman–Crippen MR) is 158 cm³/mol. The van der Waals surface area contributed by atoms with Gasteiger partial charge in [-0.15, -0.1) is 29.6 Å². The molecule has 8 nitrogen and oxygen atoms in total. The maximum absolute atomic E-state index is 12.8. The number of benzene rings is 3. The number of aryl methyl sites for hydroxylation is 2. The second-order valence-corrected chi connectivity index (χ2v) is 11.1. The normalized spacial score (nSPS) is 12.1. The molecule has 222 valence electrons. The molecule has 0 atom stereocenters. The lowest BCUT2D eigenvalue weighted by molar-refractivity contribution is -0.274. The molecule has 43 heavy (non-hydrogen) atoms. The fourth-order valence-corrected chi connectivity index (χ4v) is 5.36. The number of hydrogen-bond donors (Lipinski definition) is 1. The quantitative estimate of drug-likeness (QED) is 0.212. The zero-order valence-corrected chi connectivity index (χ0v) is 24.7. The molecule has 1 N–H and O–H groups in total. The topological polar surface area (TPSA) is 86.3 Å². The van der Waals surface area contributed by atoms with E-state index in [2.05, 4.69) is 57.2 Å². The Morgan fingerprint density at radius 1 is 1.05 bits per heavy atom. The highest BCUT2D eigenvalue weighted by atomic mass is 32.1. The Hall–Kier alpha value is -4.71. The number of aromatic nitrogens is 4. The summed E-state index contributed by atoms with van der Waals surface area (Å²) in [7, 11) is 0. The van der Waals surface area contributed by atoms with Crippen molar-refractivity contribution in [1.82, 2.24) is 24.6 Å². The van der Waals surface area contributed by atoms with Gasteiger partial charge in [0.05, 0.1) is 11.4 Å². The molecular weight excluding hydrogens is 577 g/mol. The van der Waals surface area contributed by atoms with E-state index in [1.807, 2.05) is 48.1 Å². The van der Waals surface area contributed by atoms with Gasteiger partial charge in [-0.1, -0.05) is 50.2 Å². The van der Waals surface area contributed by atoms with Crippen LogP contribution in [0, 0.1) is 13.8 Å². The zero-order valence-electron chi connectivity index (χ0n) is 23.9. The monoisotopic (exact) mass is 606 g/mol. The number of ether oxygens (including phenoxy) is 1. The summed E-state index contributed by atoms with van der Waals surface area (Å²) in [5, 5.41) is 9.27. The molecule has 0 radical (unpaired) electrons. The van der Waals surface area contributed by atoms with Gasteiger partial charge in [0.25, 0.3) is 0 Å². The van der Waals surface area contributed by atoms with Crippen LogP contribution in [0.5, 0.6) is 5.75 Å². The second-order valence-electron chi connectivity index (χ2n) is 10.2. The molecule has 0 saturated carbocycles. The molecule has 2 amide bonds. The van der Waals surface area contributed by atoms with Crippen LogP contribution in [0.2, 0.25) is 0 Å². The highest BCUT2D eigenvalue weighted by molar-refractivity contribution is 7.07. The lowest BCUT2D eigenvalue weighted by Gasteiger charge is -2.16. The molecule has 3 aromatic carbocycles. The van der Waals surface area contributed by atoms with Gasteiger partial charge in [0.2, 0.25) is 0 Å². The Kier molecular flexibility index (Phi) is 8.49. The number of carbonyl (C=O) groups excluding carboxylic acids is 1. The van der Waals surface area contributed by atoms with Gasteiger partial charge in [-0.05, 0) is 66.8 Å². The van der Waals surface area contributed by atoms with Crippen molar-refractivity contribution in [3.8, 4) is 28.5 Å². The van der Waals surface area contributed by atoms with Gasteiger partial charge in [0.15, 0.2) is 10.6 Å². The minimum atomic E-state index is -4.75. The number of halogens is 3. The van der Waals surface area contributed by atoms with E-state index in [1.54, 1.807) is 0 Å². The highest BCUT2D eigenvalue weighted by Crippen LogP contribution is 2.26. The van der Waals surface area contributed by atoms with Gasteiger partial charge in [0.1, 0.15) is 12.1 Å². The lowest BCUT2D eigenvalue weighted by Crippen LogP contribution is -2.24. The number of hydrogen-bond acceptors (Lipinski definition) is 5. The minimum absolute atomic E-state index is 0.281. The van der Waals surface area contributed by atoms with Gasteiger partial charge in [-0.2, -0.15) is 4.99 Å². The molecule has 0 unspecified atom stereocenters. The molecule has 2 heterocycles. The van der Waals surface area contributed by atoms with Crippen molar-refractivity contribution >= 4 is 17.4 Å². The molecule has 12 heteroatoms. The number of nitrogens with zero attached hydrogens (tertiary/aromatic N) is 5. The van der Waals surface area contributed by atoms with Crippen molar-refractivity contribution in [1.29, 1.82) is 0 Å². The van der Waals surface area contributed by atoms with Crippen molar-refractivity contribution in [2.45, 2.75) is 46.5 Å². The van der Waals surface area contributed by atoms with E-state index in [0.29, 0.717) is 22.2 Å². The minimum Gasteiger partial charge on any atom is -0.406 e. The Balaban J connectivity index is 1.25. The first-order chi connectivity index (χ1) is 20.5. The van der Waals surface area contributed by atoms with Crippen LogP contribution in [-0.2, 0) is 6.54 Å². The van der Waals surface area contributed by atoms with Crippen molar-refractivity contribution < 1.29 is 22.7 Å². The van der Waals surface area contributed by atoms with Crippen molar-refractivity contribution in [2.24, 2.45) is 4.99 Å². The van der Waals surface area contributed by atoms with Crippen LogP contribution >= 0.6 is 11.3 Å². The molecule has 0 aliphatic carbocycles. The zero-order chi connectivity index (χ0) is 30.7. The average molecular weight is 607 g/mol. The summed E-state index contributed by atoms with van der Waals surface area (Å²) in [6.07, 6.45) is -3.28. The summed E-state index contributed by atoms with van der Waals surface area (Å²) in [5.41, 5.74) is 6.48. The summed E-state index contributed by atoms with van der Waals surface area (Å²) >= 11 is 1.42.